The zero-order valence-electron chi connectivity index (χ0n) is 7.69. The van der Waals surface area contributed by atoms with Crippen LogP contribution in [0.1, 0.15) is 10.9 Å². The largest absolute Gasteiger partial charge is 0.497 e. The van der Waals surface area contributed by atoms with Gasteiger partial charge in [-0.1, -0.05) is 11.8 Å². The van der Waals surface area contributed by atoms with E-state index in [4.69, 9.17) is 4.74 Å². The summed E-state index contributed by atoms with van der Waals surface area (Å²) >= 11 is 2.01. The average Bonchev–Trinajstić information content (AvgIpc) is 2.71. The van der Waals surface area contributed by atoms with Crippen molar-refractivity contribution in [2.24, 2.45) is 0 Å². The number of hydrogen-bond acceptors (Lipinski definition) is 2. The fourth-order valence-corrected chi connectivity index (χ4v) is 2.66. The highest BCUT2D eigenvalue weighted by atomic mass is 32.2. The Morgan fingerprint density at radius 2 is 2.15 bits per heavy atom. The number of thioether (sulfide) groups is 1. The average molecular weight is 196 g/mol. The summed E-state index contributed by atoms with van der Waals surface area (Å²) < 4.78 is 5.11. The molecule has 0 saturated carbocycles. The summed E-state index contributed by atoms with van der Waals surface area (Å²) in [6.45, 7) is 1.24. The molecule has 0 unspecified atom stereocenters. The van der Waals surface area contributed by atoms with Crippen molar-refractivity contribution >= 4 is 11.8 Å². The van der Waals surface area contributed by atoms with E-state index in [0.29, 0.717) is 5.37 Å². The van der Waals surface area contributed by atoms with Gasteiger partial charge in [0.25, 0.3) is 0 Å². The molecule has 1 aliphatic heterocycles. The van der Waals surface area contributed by atoms with Crippen LogP contribution in [0.3, 0.4) is 0 Å². The van der Waals surface area contributed by atoms with Crippen LogP contribution in [-0.2, 0) is 0 Å². The second-order valence-electron chi connectivity index (χ2n) is 3.09. The molecule has 1 aliphatic rings. The SMILES string of the molecule is COc1ccc([C@@H]2[NH2+]CCS2)cc1. The third kappa shape index (κ3) is 1.98. The Bertz CT molecular complexity index is 267. The normalized spacial score (nSPS) is 21.8. The summed E-state index contributed by atoms with van der Waals surface area (Å²) in [6, 6.07) is 8.36. The molecule has 1 fully saturated rings. The van der Waals surface area contributed by atoms with E-state index in [1.807, 2.05) is 23.9 Å². The summed E-state index contributed by atoms with van der Waals surface area (Å²) in [5, 5.41) is 2.98. The number of quaternary nitrogens is 1. The van der Waals surface area contributed by atoms with Crippen molar-refractivity contribution in [1.29, 1.82) is 0 Å². The molecule has 1 aromatic rings. The fourth-order valence-electron chi connectivity index (χ4n) is 1.51. The monoisotopic (exact) mass is 196 g/mol. The minimum absolute atomic E-state index is 0.603. The number of methoxy groups -OCH3 is 1. The van der Waals surface area contributed by atoms with E-state index < -0.39 is 0 Å². The minimum atomic E-state index is 0.603. The van der Waals surface area contributed by atoms with Gasteiger partial charge in [0.05, 0.1) is 13.7 Å². The van der Waals surface area contributed by atoms with Gasteiger partial charge in [0.1, 0.15) is 5.75 Å². The smallest absolute Gasteiger partial charge is 0.159 e. The zero-order chi connectivity index (χ0) is 9.10. The molecule has 2 nitrogen and oxygen atoms in total. The van der Waals surface area contributed by atoms with Crippen LogP contribution in [0.15, 0.2) is 24.3 Å². The highest BCUT2D eigenvalue weighted by Gasteiger charge is 2.20. The summed E-state index contributed by atoms with van der Waals surface area (Å²) in [6.07, 6.45) is 0. The van der Waals surface area contributed by atoms with Crippen LogP contribution in [0.4, 0.5) is 0 Å². The maximum absolute atomic E-state index is 5.11. The summed E-state index contributed by atoms with van der Waals surface area (Å²) in [5.74, 6) is 2.20. The van der Waals surface area contributed by atoms with Crippen molar-refractivity contribution in [3.63, 3.8) is 0 Å². The van der Waals surface area contributed by atoms with Crippen LogP contribution >= 0.6 is 11.8 Å². The lowest BCUT2D eigenvalue weighted by molar-refractivity contribution is -0.663. The molecule has 0 spiro atoms. The van der Waals surface area contributed by atoms with Crippen molar-refractivity contribution in [2.75, 3.05) is 19.4 Å². The number of rotatable bonds is 2. The number of nitrogens with two attached hydrogens (primary N) is 1. The molecule has 0 bridgehead atoms. The standard InChI is InChI=1S/C10H13NOS/c1-12-9-4-2-8(3-5-9)10-11-6-7-13-10/h2-5,10-11H,6-7H2,1H3/p+1/t10-/m1/s1. The van der Waals surface area contributed by atoms with Gasteiger partial charge in [-0.2, -0.15) is 0 Å². The van der Waals surface area contributed by atoms with Crippen LogP contribution in [0, 0.1) is 0 Å². The van der Waals surface area contributed by atoms with E-state index in [1.54, 1.807) is 7.11 Å². The van der Waals surface area contributed by atoms with E-state index in [1.165, 1.54) is 17.9 Å². The van der Waals surface area contributed by atoms with Gasteiger partial charge in [-0.25, -0.2) is 0 Å². The van der Waals surface area contributed by atoms with Crippen LogP contribution in [0.5, 0.6) is 5.75 Å². The summed E-state index contributed by atoms with van der Waals surface area (Å²) in [5.41, 5.74) is 1.39. The maximum atomic E-state index is 5.11. The molecule has 13 heavy (non-hydrogen) atoms. The molecular formula is C10H14NOS+. The molecular weight excluding hydrogens is 182 g/mol. The highest BCUT2D eigenvalue weighted by Crippen LogP contribution is 2.25. The van der Waals surface area contributed by atoms with Crippen LogP contribution < -0.4 is 10.1 Å². The number of ether oxygens (including phenoxy) is 1. The van der Waals surface area contributed by atoms with E-state index in [-0.39, 0.29) is 0 Å². The first-order valence-electron chi connectivity index (χ1n) is 4.49. The van der Waals surface area contributed by atoms with Crippen LogP contribution in [0.2, 0.25) is 0 Å². The quantitative estimate of drug-likeness (QED) is 0.763. The van der Waals surface area contributed by atoms with Gasteiger partial charge in [0.15, 0.2) is 5.37 Å². The van der Waals surface area contributed by atoms with Crippen molar-refractivity contribution in [3.8, 4) is 5.75 Å². The Morgan fingerprint density at radius 1 is 1.38 bits per heavy atom. The fraction of sp³-hybridized carbons (Fsp3) is 0.400. The Morgan fingerprint density at radius 3 is 2.69 bits per heavy atom. The van der Waals surface area contributed by atoms with Crippen molar-refractivity contribution < 1.29 is 10.1 Å². The Balaban J connectivity index is 2.12. The third-order valence-corrected chi connectivity index (χ3v) is 3.54. The zero-order valence-corrected chi connectivity index (χ0v) is 8.51. The first-order chi connectivity index (χ1) is 6.40. The van der Waals surface area contributed by atoms with Crippen LogP contribution in [-0.4, -0.2) is 19.4 Å². The van der Waals surface area contributed by atoms with Gasteiger partial charge in [0.2, 0.25) is 0 Å². The molecule has 1 atom stereocenters. The lowest BCUT2D eigenvalue weighted by atomic mass is 10.2. The molecule has 1 aromatic carbocycles. The highest BCUT2D eigenvalue weighted by molar-refractivity contribution is 7.99. The number of hydrogen-bond donors (Lipinski definition) is 1. The molecule has 0 aromatic heterocycles. The second kappa shape index (κ2) is 4.03. The first-order valence-corrected chi connectivity index (χ1v) is 5.54. The second-order valence-corrected chi connectivity index (χ2v) is 4.34. The Labute approximate surface area is 82.7 Å². The molecule has 3 heteroatoms. The predicted molar refractivity (Wildman–Crippen MR) is 55.0 cm³/mol. The van der Waals surface area contributed by atoms with E-state index in [2.05, 4.69) is 17.4 Å². The minimum Gasteiger partial charge on any atom is -0.497 e. The molecule has 70 valence electrons. The molecule has 1 saturated heterocycles. The van der Waals surface area contributed by atoms with Crippen molar-refractivity contribution in [3.05, 3.63) is 29.8 Å². The number of benzene rings is 1. The van der Waals surface area contributed by atoms with Gasteiger partial charge in [-0.05, 0) is 24.3 Å². The topological polar surface area (TPSA) is 25.8 Å². The van der Waals surface area contributed by atoms with E-state index in [0.717, 1.165) is 5.75 Å². The molecule has 2 N–H and O–H groups in total. The van der Waals surface area contributed by atoms with E-state index in [9.17, 15) is 0 Å². The molecule has 0 aliphatic carbocycles. The predicted octanol–water partition coefficient (Wildman–Crippen LogP) is 1.00. The Kier molecular flexibility index (Phi) is 2.76. The molecule has 2 rings (SSSR count). The van der Waals surface area contributed by atoms with E-state index >= 15 is 0 Å². The van der Waals surface area contributed by atoms with Gasteiger partial charge >= 0.3 is 0 Å². The van der Waals surface area contributed by atoms with Gasteiger partial charge < -0.3 is 10.1 Å². The third-order valence-electron chi connectivity index (χ3n) is 2.24. The van der Waals surface area contributed by atoms with Crippen molar-refractivity contribution in [1.82, 2.24) is 0 Å². The summed E-state index contributed by atoms with van der Waals surface area (Å²) in [7, 11) is 1.70. The molecule has 0 radical (unpaired) electrons. The maximum Gasteiger partial charge on any atom is 0.159 e. The van der Waals surface area contributed by atoms with Gasteiger partial charge in [-0.15, -0.1) is 0 Å². The first kappa shape index (κ1) is 8.91. The van der Waals surface area contributed by atoms with Crippen molar-refractivity contribution in [2.45, 2.75) is 5.37 Å². The van der Waals surface area contributed by atoms with Crippen LogP contribution in [0.25, 0.3) is 0 Å². The Hall–Kier alpha value is -0.670. The van der Waals surface area contributed by atoms with Gasteiger partial charge in [0, 0.05) is 11.3 Å². The summed E-state index contributed by atoms with van der Waals surface area (Å²) in [4.78, 5) is 0. The lowest BCUT2D eigenvalue weighted by Crippen LogP contribution is -2.81. The molecule has 0 amide bonds. The van der Waals surface area contributed by atoms with Gasteiger partial charge in [-0.3, -0.25) is 0 Å². The lowest BCUT2D eigenvalue weighted by Gasteiger charge is -2.06. The molecule has 1 heterocycles.